The zero-order chi connectivity index (χ0) is 8.85. The minimum Gasteiger partial charge on any atom is -0.478 e. The number of carbonyl (C=O) groups is 1. The van der Waals surface area contributed by atoms with Gasteiger partial charge in [0.1, 0.15) is 0 Å². The molecule has 0 aliphatic carbocycles. The molecule has 1 atom stereocenters. The molecule has 0 aliphatic rings. The van der Waals surface area contributed by atoms with Crippen molar-refractivity contribution in [2.45, 2.75) is 32.3 Å². The van der Waals surface area contributed by atoms with Gasteiger partial charge in [-0.15, -0.1) is 0 Å². The first-order valence-corrected chi connectivity index (χ1v) is 3.63. The average molecular weight is 158 g/mol. The summed E-state index contributed by atoms with van der Waals surface area (Å²) >= 11 is 0. The Morgan fingerprint density at radius 2 is 2.18 bits per heavy atom. The summed E-state index contributed by atoms with van der Waals surface area (Å²) in [6.07, 6.45) is 1.42. The molecule has 0 radical (unpaired) electrons. The molecule has 0 amide bonds. The molecule has 0 saturated carbocycles. The van der Waals surface area contributed by atoms with Crippen LogP contribution in [0.15, 0.2) is 12.2 Å². The van der Waals surface area contributed by atoms with Crippen LogP contribution in [0.3, 0.4) is 0 Å². The molecular formula is C8H14O3. The SMILES string of the molecule is C=C(CCCC(C)O)C(=O)O. The van der Waals surface area contributed by atoms with Crippen molar-refractivity contribution in [2.75, 3.05) is 0 Å². The molecule has 0 fully saturated rings. The first-order chi connectivity index (χ1) is 5.04. The van der Waals surface area contributed by atoms with Crippen molar-refractivity contribution in [1.82, 2.24) is 0 Å². The Hall–Kier alpha value is -0.830. The van der Waals surface area contributed by atoms with Gasteiger partial charge in [0.2, 0.25) is 0 Å². The van der Waals surface area contributed by atoms with E-state index in [9.17, 15) is 4.79 Å². The third kappa shape index (κ3) is 5.61. The Kier molecular flexibility index (Phi) is 4.54. The zero-order valence-corrected chi connectivity index (χ0v) is 6.71. The monoisotopic (exact) mass is 158 g/mol. The lowest BCUT2D eigenvalue weighted by molar-refractivity contribution is -0.132. The van der Waals surface area contributed by atoms with Crippen LogP contribution in [0.2, 0.25) is 0 Å². The van der Waals surface area contributed by atoms with Crippen LogP contribution in [0.5, 0.6) is 0 Å². The molecule has 0 aromatic heterocycles. The van der Waals surface area contributed by atoms with E-state index in [0.717, 1.165) is 0 Å². The number of rotatable bonds is 5. The van der Waals surface area contributed by atoms with E-state index in [1.54, 1.807) is 6.92 Å². The van der Waals surface area contributed by atoms with Crippen LogP contribution < -0.4 is 0 Å². The summed E-state index contributed by atoms with van der Waals surface area (Å²) in [5, 5.41) is 17.2. The number of aliphatic hydroxyl groups excluding tert-OH is 1. The molecule has 3 heteroatoms. The molecule has 64 valence electrons. The first kappa shape index (κ1) is 10.2. The van der Waals surface area contributed by atoms with Crippen LogP contribution in [-0.2, 0) is 4.79 Å². The van der Waals surface area contributed by atoms with Crippen molar-refractivity contribution in [3.05, 3.63) is 12.2 Å². The van der Waals surface area contributed by atoms with Gasteiger partial charge in [0.05, 0.1) is 6.10 Å². The molecule has 0 aromatic carbocycles. The maximum absolute atomic E-state index is 10.2. The lowest BCUT2D eigenvalue weighted by Crippen LogP contribution is -2.02. The van der Waals surface area contributed by atoms with Crippen LogP contribution in [0.4, 0.5) is 0 Å². The Balaban J connectivity index is 3.40. The highest BCUT2D eigenvalue weighted by molar-refractivity contribution is 5.85. The Morgan fingerprint density at radius 1 is 1.64 bits per heavy atom. The predicted molar refractivity (Wildman–Crippen MR) is 42.3 cm³/mol. The largest absolute Gasteiger partial charge is 0.478 e. The van der Waals surface area contributed by atoms with E-state index >= 15 is 0 Å². The van der Waals surface area contributed by atoms with Gasteiger partial charge in [0, 0.05) is 5.57 Å². The van der Waals surface area contributed by atoms with Crippen molar-refractivity contribution >= 4 is 5.97 Å². The van der Waals surface area contributed by atoms with Gasteiger partial charge in [0.25, 0.3) is 0 Å². The van der Waals surface area contributed by atoms with Gasteiger partial charge in [-0.3, -0.25) is 0 Å². The summed E-state index contributed by atoms with van der Waals surface area (Å²) in [7, 11) is 0. The third-order valence-corrected chi connectivity index (χ3v) is 1.40. The highest BCUT2D eigenvalue weighted by Gasteiger charge is 2.03. The van der Waals surface area contributed by atoms with Gasteiger partial charge in [-0.2, -0.15) is 0 Å². The van der Waals surface area contributed by atoms with Gasteiger partial charge in [-0.1, -0.05) is 6.58 Å². The number of hydrogen-bond acceptors (Lipinski definition) is 2. The highest BCUT2D eigenvalue weighted by Crippen LogP contribution is 2.06. The van der Waals surface area contributed by atoms with Gasteiger partial charge in [0.15, 0.2) is 0 Å². The van der Waals surface area contributed by atoms with Crippen molar-refractivity contribution in [3.8, 4) is 0 Å². The fourth-order valence-electron chi connectivity index (χ4n) is 0.718. The number of aliphatic carboxylic acids is 1. The topological polar surface area (TPSA) is 57.5 Å². The van der Waals surface area contributed by atoms with Crippen LogP contribution in [0, 0.1) is 0 Å². The van der Waals surface area contributed by atoms with E-state index < -0.39 is 5.97 Å². The molecular weight excluding hydrogens is 144 g/mol. The van der Waals surface area contributed by atoms with E-state index in [0.29, 0.717) is 19.3 Å². The smallest absolute Gasteiger partial charge is 0.330 e. The molecule has 1 unspecified atom stereocenters. The summed E-state index contributed by atoms with van der Waals surface area (Å²) < 4.78 is 0. The molecule has 0 heterocycles. The van der Waals surface area contributed by atoms with Crippen LogP contribution in [0.1, 0.15) is 26.2 Å². The third-order valence-electron chi connectivity index (χ3n) is 1.40. The normalized spacial score (nSPS) is 12.5. The first-order valence-electron chi connectivity index (χ1n) is 3.63. The van der Waals surface area contributed by atoms with Crippen molar-refractivity contribution < 1.29 is 15.0 Å². The summed E-state index contributed by atoms with van der Waals surface area (Å²) in [6.45, 7) is 5.05. The fraction of sp³-hybridized carbons (Fsp3) is 0.625. The molecule has 11 heavy (non-hydrogen) atoms. The summed E-state index contributed by atoms with van der Waals surface area (Å²) in [5.74, 6) is -0.949. The van der Waals surface area contributed by atoms with Crippen molar-refractivity contribution in [1.29, 1.82) is 0 Å². The Morgan fingerprint density at radius 3 is 2.55 bits per heavy atom. The minimum absolute atomic E-state index is 0.214. The van der Waals surface area contributed by atoms with Crippen LogP contribution in [0.25, 0.3) is 0 Å². The van der Waals surface area contributed by atoms with E-state index in [-0.39, 0.29) is 11.7 Å². The van der Waals surface area contributed by atoms with Gasteiger partial charge >= 0.3 is 5.97 Å². The van der Waals surface area contributed by atoms with Crippen LogP contribution in [-0.4, -0.2) is 22.3 Å². The Bertz CT molecular complexity index is 149. The fourth-order valence-corrected chi connectivity index (χ4v) is 0.718. The molecule has 0 rings (SSSR count). The quantitative estimate of drug-likeness (QED) is 0.590. The molecule has 0 bridgehead atoms. The van der Waals surface area contributed by atoms with E-state index in [2.05, 4.69) is 6.58 Å². The highest BCUT2D eigenvalue weighted by atomic mass is 16.4. The van der Waals surface area contributed by atoms with Crippen LogP contribution >= 0.6 is 0 Å². The molecule has 0 aliphatic heterocycles. The zero-order valence-electron chi connectivity index (χ0n) is 6.71. The summed E-state index contributed by atoms with van der Waals surface area (Å²) in [4.78, 5) is 10.2. The predicted octanol–water partition coefficient (Wildman–Crippen LogP) is 1.18. The van der Waals surface area contributed by atoms with Gasteiger partial charge < -0.3 is 10.2 Å². The number of aliphatic hydroxyl groups is 1. The molecule has 3 nitrogen and oxygen atoms in total. The lowest BCUT2D eigenvalue weighted by Gasteiger charge is -2.02. The summed E-state index contributed by atoms with van der Waals surface area (Å²) in [5.41, 5.74) is 0.214. The number of hydrogen-bond donors (Lipinski definition) is 2. The van der Waals surface area contributed by atoms with Crippen molar-refractivity contribution in [2.24, 2.45) is 0 Å². The molecule has 0 saturated heterocycles. The van der Waals surface area contributed by atoms with Gasteiger partial charge in [-0.25, -0.2) is 4.79 Å². The van der Waals surface area contributed by atoms with Crippen molar-refractivity contribution in [3.63, 3.8) is 0 Å². The lowest BCUT2D eigenvalue weighted by atomic mass is 10.1. The number of carboxylic acid groups (broad SMARTS) is 1. The average Bonchev–Trinajstić information content (AvgIpc) is 1.86. The van der Waals surface area contributed by atoms with E-state index in [1.807, 2.05) is 0 Å². The van der Waals surface area contributed by atoms with E-state index in [4.69, 9.17) is 10.2 Å². The minimum atomic E-state index is -0.949. The second kappa shape index (κ2) is 4.91. The second-order valence-electron chi connectivity index (χ2n) is 2.65. The Labute approximate surface area is 66.4 Å². The number of carboxylic acids is 1. The summed E-state index contributed by atoms with van der Waals surface area (Å²) in [6, 6.07) is 0. The van der Waals surface area contributed by atoms with Gasteiger partial charge in [-0.05, 0) is 26.2 Å². The second-order valence-corrected chi connectivity index (χ2v) is 2.65. The van der Waals surface area contributed by atoms with E-state index in [1.165, 1.54) is 0 Å². The maximum atomic E-state index is 10.2. The standard InChI is InChI=1S/C8H14O3/c1-6(8(10)11)4-3-5-7(2)9/h7,9H,1,3-5H2,2H3,(H,10,11). The molecule has 0 aromatic rings. The maximum Gasteiger partial charge on any atom is 0.330 e. The molecule has 0 spiro atoms. The molecule has 2 N–H and O–H groups in total.